The summed E-state index contributed by atoms with van der Waals surface area (Å²) >= 11 is 0. The minimum absolute atomic E-state index is 0.0339. The van der Waals surface area contributed by atoms with Gasteiger partial charge in [-0.3, -0.25) is 14.9 Å². The molecule has 3 rings (SSSR count). The van der Waals surface area contributed by atoms with E-state index >= 15 is 0 Å². The van der Waals surface area contributed by atoms with E-state index in [0.29, 0.717) is 16.9 Å². The third kappa shape index (κ3) is 3.05. The van der Waals surface area contributed by atoms with E-state index in [1.807, 2.05) is 0 Å². The van der Waals surface area contributed by atoms with Gasteiger partial charge in [-0.1, -0.05) is 12.1 Å². The van der Waals surface area contributed by atoms with E-state index in [2.05, 4.69) is 5.32 Å². The zero-order valence-electron chi connectivity index (χ0n) is 12.8. The number of ether oxygens (including phenoxy) is 1. The molecule has 1 heterocycles. The third-order valence-electron chi connectivity index (χ3n) is 3.59. The predicted octanol–water partition coefficient (Wildman–Crippen LogP) is 3.53. The Balaban J connectivity index is 1.82. The molecule has 24 heavy (non-hydrogen) atoms. The van der Waals surface area contributed by atoms with E-state index in [-0.39, 0.29) is 23.7 Å². The first kappa shape index (κ1) is 15.5. The lowest BCUT2D eigenvalue weighted by Gasteiger charge is -2.05. The molecule has 0 aliphatic heterocycles. The zero-order valence-corrected chi connectivity index (χ0v) is 12.8. The van der Waals surface area contributed by atoms with Crippen LogP contribution in [0.15, 0.2) is 53.1 Å². The van der Waals surface area contributed by atoms with Crippen LogP contribution < -0.4 is 10.1 Å². The maximum absolute atomic E-state index is 12.2. The fourth-order valence-corrected chi connectivity index (χ4v) is 2.43. The van der Waals surface area contributed by atoms with Crippen molar-refractivity contribution in [1.29, 1.82) is 0 Å². The number of anilines is 1. The Morgan fingerprint density at radius 2 is 2.08 bits per heavy atom. The Hall–Kier alpha value is -3.35. The summed E-state index contributed by atoms with van der Waals surface area (Å²) in [5, 5.41) is 14.3. The molecule has 0 radical (unpaired) electrons. The normalized spacial score (nSPS) is 10.5. The second-order valence-corrected chi connectivity index (χ2v) is 5.12. The van der Waals surface area contributed by atoms with Gasteiger partial charge in [0, 0.05) is 17.0 Å². The lowest BCUT2D eigenvalue weighted by atomic mass is 10.1. The van der Waals surface area contributed by atoms with Crippen LogP contribution in [0, 0.1) is 10.1 Å². The summed E-state index contributed by atoms with van der Waals surface area (Å²) in [6.07, 6.45) is 1.54. The number of nitrogens with zero attached hydrogens (tertiary/aromatic N) is 1. The molecule has 2 aromatic carbocycles. The number of methoxy groups -OCH3 is 1. The van der Waals surface area contributed by atoms with Crippen LogP contribution in [0.4, 0.5) is 11.4 Å². The van der Waals surface area contributed by atoms with E-state index in [9.17, 15) is 14.9 Å². The van der Waals surface area contributed by atoms with Crippen molar-refractivity contribution in [2.75, 3.05) is 12.4 Å². The van der Waals surface area contributed by atoms with Crippen molar-refractivity contribution < 1.29 is 18.9 Å². The van der Waals surface area contributed by atoms with Crippen LogP contribution >= 0.6 is 0 Å². The number of furan rings is 1. The molecule has 0 fully saturated rings. The highest BCUT2D eigenvalue weighted by Crippen LogP contribution is 2.27. The summed E-state index contributed by atoms with van der Waals surface area (Å²) < 4.78 is 10.6. The summed E-state index contributed by atoms with van der Waals surface area (Å²) in [6.45, 7) is 0. The lowest BCUT2D eigenvalue weighted by molar-refractivity contribution is -0.383. The van der Waals surface area contributed by atoms with Crippen LogP contribution in [0.5, 0.6) is 5.75 Å². The van der Waals surface area contributed by atoms with Crippen LogP contribution in [0.25, 0.3) is 11.0 Å². The van der Waals surface area contributed by atoms with E-state index in [0.717, 1.165) is 5.39 Å². The van der Waals surface area contributed by atoms with E-state index < -0.39 is 4.92 Å². The molecule has 0 saturated heterocycles. The number of carbonyl (C=O) groups excluding carboxylic acids is 1. The molecule has 0 saturated carbocycles. The lowest BCUT2D eigenvalue weighted by Crippen LogP contribution is -2.15. The molecule has 1 N–H and O–H groups in total. The smallest absolute Gasteiger partial charge is 0.292 e. The first-order valence-corrected chi connectivity index (χ1v) is 7.16. The van der Waals surface area contributed by atoms with E-state index in [1.54, 1.807) is 37.4 Å². The fourth-order valence-electron chi connectivity index (χ4n) is 2.43. The van der Waals surface area contributed by atoms with Crippen LogP contribution in [0.1, 0.15) is 5.56 Å². The third-order valence-corrected chi connectivity index (χ3v) is 3.59. The van der Waals surface area contributed by atoms with Gasteiger partial charge in [-0.05, 0) is 24.3 Å². The van der Waals surface area contributed by atoms with Crippen LogP contribution in [0.2, 0.25) is 0 Å². The van der Waals surface area contributed by atoms with Gasteiger partial charge in [0.1, 0.15) is 17.0 Å². The standard InChI is InChI=1S/C17H14N2O5/c1-23-12-6-7-16-13(9-12)11(10-24-16)8-17(20)18-14-4-2-3-5-15(14)19(21)22/h2-7,9-10H,8H2,1H3,(H,18,20). The Labute approximate surface area is 137 Å². The molecule has 0 bridgehead atoms. The minimum atomic E-state index is -0.534. The Kier molecular flexibility index (Phi) is 4.15. The number of hydrogen-bond donors (Lipinski definition) is 1. The summed E-state index contributed by atoms with van der Waals surface area (Å²) in [7, 11) is 1.56. The molecule has 1 aromatic heterocycles. The summed E-state index contributed by atoms with van der Waals surface area (Å²) in [5.74, 6) is 0.291. The second kappa shape index (κ2) is 6.41. The van der Waals surface area contributed by atoms with Crippen LogP contribution in [-0.2, 0) is 11.2 Å². The molecular formula is C17H14N2O5. The highest BCUT2D eigenvalue weighted by molar-refractivity contribution is 5.97. The highest BCUT2D eigenvalue weighted by atomic mass is 16.6. The molecule has 0 spiro atoms. The average Bonchev–Trinajstić information content (AvgIpc) is 2.97. The first-order chi connectivity index (χ1) is 11.6. The van der Waals surface area contributed by atoms with Gasteiger partial charge < -0.3 is 14.5 Å². The SMILES string of the molecule is COc1ccc2occ(CC(=O)Nc3ccccc3[N+](=O)[O-])c2c1. The van der Waals surface area contributed by atoms with Crippen molar-refractivity contribution in [2.24, 2.45) is 0 Å². The number of nitrogens with one attached hydrogen (secondary N) is 1. The van der Waals surface area contributed by atoms with Crippen molar-refractivity contribution in [2.45, 2.75) is 6.42 Å². The molecule has 0 atom stereocenters. The largest absolute Gasteiger partial charge is 0.497 e. The molecule has 122 valence electrons. The molecular weight excluding hydrogens is 312 g/mol. The molecule has 7 nitrogen and oxygen atoms in total. The Morgan fingerprint density at radius 1 is 1.29 bits per heavy atom. The predicted molar refractivity (Wildman–Crippen MR) is 88.2 cm³/mol. The van der Waals surface area contributed by atoms with Gasteiger partial charge in [0.15, 0.2) is 0 Å². The highest BCUT2D eigenvalue weighted by Gasteiger charge is 2.16. The molecule has 1 amide bonds. The van der Waals surface area contributed by atoms with Gasteiger partial charge in [0.2, 0.25) is 5.91 Å². The van der Waals surface area contributed by atoms with Gasteiger partial charge in [0.05, 0.1) is 24.7 Å². The molecule has 0 aliphatic carbocycles. The maximum atomic E-state index is 12.2. The molecule has 3 aromatic rings. The second-order valence-electron chi connectivity index (χ2n) is 5.12. The number of hydrogen-bond acceptors (Lipinski definition) is 5. The first-order valence-electron chi connectivity index (χ1n) is 7.16. The quantitative estimate of drug-likeness (QED) is 0.571. The topological polar surface area (TPSA) is 94.6 Å². The number of amides is 1. The summed E-state index contributed by atoms with van der Waals surface area (Å²) in [6, 6.07) is 11.3. The van der Waals surface area contributed by atoms with Gasteiger partial charge in [-0.15, -0.1) is 0 Å². The van der Waals surface area contributed by atoms with Crippen molar-refractivity contribution in [1.82, 2.24) is 0 Å². The number of fused-ring (bicyclic) bond motifs is 1. The van der Waals surface area contributed by atoms with Crippen LogP contribution in [-0.4, -0.2) is 17.9 Å². The van der Waals surface area contributed by atoms with Crippen molar-refractivity contribution >= 4 is 28.3 Å². The Bertz CT molecular complexity index is 916. The number of nitro benzene ring substituents is 1. The fraction of sp³-hybridized carbons (Fsp3) is 0.118. The van der Waals surface area contributed by atoms with Gasteiger partial charge >= 0.3 is 0 Å². The zero-order chi connectivity index (χ0) is 17.1. The number of para-hydroxylation sites is 2. The molecule has 7 heteroatoms. The van der Waals surface area contributed by atoms with E-state index in [4.69, 9.17) is 9.15 Å². The monoisotopic (exact) mass is 326 g/mol. The van der Waals surface area contributed by atoms with Crippen molar-refractivity contribution in [3.05, 3.63) is 64.4 Å². The summed E-state index contributed by atoms with van der Waals surface area (Å²) in [5.41, 5.74) is 1.34. The number of carbonyl (C=O) groups is 1. The minimum Gasteiger partial charge on any atom is -0.497 e. The van der Waals surface area contributed by atoms with Gasteiger partial charge in [-0.25, -0.2) is 0 Å². The number of benzene rings is 2. The van der Waals surface area contributed by atoms with Gasteiger partial charge in [-0.2, -0.15) is 0 Å². The molecule has 0 aliphatic rings. The van der Waals surface area contributed by atoms with Gasteiger partial charge in [0.25, 0.3) is 5.69 Å². The number of rotatable bonds is 5. The average molecular weight is 326 g/mol. The Morgan fingerprint density at radius 3 is 2.83 bits per heavy atom. The van der Waals surface area contributed by atoms with Crippen molar-refractivity contribution in [3.8, 4) is 5.75 Å². The molecule has 0 unspecified atom stereocenters. The number of nitro groups is 1. The van der Waals surface area contributed by atoms with Crippen molar-refractivity contribution in [3.63, 3.8) is 0 Å². The summed E-state index contributed by atoms with van der Waals surface area (Å²) in [4.78, 5) is 22.7. The van der Waals surface area contributed by atoms with Crippen LogP contribution in [0.3, 0.4) is 0 Å². The van der Waals surface area contributed by atoms with E-state index in [1.165, 1.54) is 18.4 Å². The maximum Gasteiger partial charge on any atom is 0.292 e.